The lowest BCUT2D eigenvalue weighted by atomic mass is 10.2. The zero-order valence-corrected chi connectivity index (χ0v) is 18.9. The normalized spacial score (nSPS) is 14.5. The molecule has 0 saturated carbocycles. The fraction of sp³-hybridized carbons (Fsp3) is 0.333. The summed E-state index contributed by atoms with van der Waals surface area (Å²) in [6.07, 6.45) is 2.39. The Balaban J connectivity index is 1.33. The molecule has 3 aromatic rings. The van der Waals surface area contributed by atoms with E-state index in [9.17, 15) is 13.2 Å². The lowest BCUT2D eigenvalue weighted by molar-refractivity contribution is -0.116. The van der Waals surface area contributed by atoms with Gasteiger partial charge in [-0.25, -0.2) is 8.42 Å². The molecule has 0 unspecified atom stereocenters. The minimum absolute atomic E-state index is 0.0131. The van der Waals surface area contributed by atoms with Gasteiger partial charge >= 0.3 is 0 Å². The summed E-state index contributed by atoms with van der Waals surface area (Å²) in [5, 5.41) is 15.3. The van der Waals surface area contributed by atoms with Crippen molar-refractivity contribution in [3.8, 4) is 11.4 Å². The fourth-order valence-electron chi connectivity index (χ4n) is 3.49. The van der Waals surface area contributed by atoms with Crippen LogP contribution in [0.4, 0.5) is 5.69 Å². The number of hydrogen-bond donors (Lipinski definition) is 1. The van der Waals surface area contributed by atoms with Crippen molar-refractivity contribution in [1.29, 1.82) is 0 Å². The van der Waals surface area contributed by atoms with Crippen molar-refractivity contribution in [3.05, 3.63) is 53.6 Å². The Labute approximate surface area is 191 Å². The molecule has 1 saturated heterocycles. The molecule has 0 spiro atoms. The Bertz CT molecular complexity index is 1190. The number of sulfonamides is 1. The highest BCUT2D eigenvalue weighted by molar-refractivity contribution is 7.89. The molecule has 1 aromatic heterocycles. The molecule has 168 valence electrons. The highest BCUT2D eigenvalue weighted by Crippen LogP contribution is 2.29. The molecule has 0 radical (unpaired) electrons. The molecule has 0 aliphatic carbocycles. The van der Waals surface area contributed by atoms with Crippen LogP contribution in [0.1, 0.15) is 25.7 Å². The molecule has 1 aliphatic rings. The molecule has 0 atom stereocenters. The Hall–Kier alpha value is -2.82. The highest BCUT2D eigenvalue weighted by Gasteiger charge is 2.29. The van der Waals surface area contributed by atoms with Crippen molar-refractivity contribution in [2.75, 3.05) is 18.4 Å². The number of nitrogens with one attached hydrogen (secondary N) is 1. The summed E-state index contributed by atoms with van der Waals surface area (Å²) >= 11 is 6.15. The van der Waals surface area contributed by atoms with E-state index < -0.39 is 10.0 Å². The molecule has 0 bridgehead atoms. The number of hydrogen-bond acceptors (Lipinski definition) is 6. The standard InChI is InChI=1S/C21H23ClN6O3S/c22-18-11-10-17(15-19(18)32(30,31)27-12-4-5-13-27)23-20(29)9-6-14-28-25-21(24-26-28)16-7-2-1-3-8-16/h1-3,7-8,10-11,15H,4-6,9,12-14H2,(H,23,29). The first-order valence-corrected chi connectivity index (χ1v) is 12.2. The average Bonchev–Trinajstić information content (AvgIpc) is 3.48. The van der Waals surface area contributed by atoms with Gasteiger partial charge in [-0.2, -0.15) is 9.10 Å². The van der Waals surface area contributed by atoms with E-state index in [1.165, 1.54) is 21.2 Å². The first-order valence-electron chi connectivity index (χ1n) is 10.4. The second-order valence-electron chi connectivity index (χ2n) is 7.48. The summed E-state index contributed by atoms with van der Waals surface area (Å²) in [6.45, 7) is 1.40. The second kappa shape index (κ2) is 9.76. The Morgan fingerprint density at radius 1 is 1.09 bits per heavy atom. The van der Waals surface area contributed by atoms with Crippen molar-refractivity contribution >= 4 is 33.2 Å². The third kappa shape index (κ3) is 5.14. The highest BCUT2D eigenvalue weighted by atomic mass is 35.5. The number of aromatic nitrogens is 4. The lowest BCUT2D eigenvalue weighted by Gasteiger charge is -2.17. The Kier molecular flexibility index (Phi) is 6.83. The Morgan fingerprint density at radius 2 is 1.84 bits per heavy atom. The third-order valence-electron chi connectivity index (χ3n) is 5.14. The Morgan fingerprint density at radius 3 is 2.59 bits per heavy atom. The van der Waals surface area contributed by atoms with Crippen LogP contribution < -0.4 is 5.32 Å². The van der Waals surface area contributed by atoms with Crippen LogP contribution in [0.3, 0.4) is 0 Å². The first kappa shape index (κ1) is 22.4. The van der Waals surface area contributed by atoms with Gasteiger partial charge in [0.1, 0.15) is 4.90 Å². The van der Waals surface area contributed by atoms with E-state index in [1.807, 2.05) is 30.3 Å². The van der Waals surface area contributed by atoms with Crippen molar-refractivity contribution in [2.45, 2.75) is 37.1 Å². The van der Waals surface area contributed by atoms with Gasteiger partial charge in [0, 0.05) is 30.8 Å². The van der Waals surface area contributed by atoms with Gasteiger partial charge in [0.05, 0.1) is 11.6 Å². The van der Waals surface area contributed by atoms with Crippen LogP contribution in [0.25, 0.3) is 11.4 Å². The zero-order chi connectivity index (χ0) is 22.6. The summed E-state index contributed by atoms with van der Waals surface area (Å²) in [6, 6.07) is 14.0. The molecular formula is C21H23ClN6O3S. The number of rotatable bonds is 8. The largest absolute Gasteiger partial charge is 0.326 e. The van der Waals surface area contributed by atoms with Gasteiger partial charge in [-0.1, -0.05) is 41.9 Å². The summed E-state index contributed by atoms with van der Waals surface area (Å²) in [5.41, 5.74) is 1.27. The van der Waals surface area contributed by atoms with Gasteiger partial charge in [0.15, 0.2) is 0 Å². The molecule has 2 aromatic carbocycles. The number of carbonyl (C=O) groups excluding carboxylic acids is 1. The summed E-state index contributed by atoms with van der Waals surface area (Å²) in [4.78, 5) is 13.8. The zero-order valence-electron chi connectivity index (χ0n) is 17.3. The minimum atomic E-state index is -3.68. The topological polar surface area (TPSA) is 110 Å². The summed E-state index contributed by atoms with van der Waals surface area (Å²) in [7, 11) is -3.68. The van der Waals surface area contributed by atoms with Crippen LogP contribution in [-0.2, 0) is 21.4 Å². The molecule has 9 nitrogen and oxygen atoms in total. The van der Waals surface area contributed by atoms with Crippen LogP contribution in [0.5, 0.6) is 0 Å². The van der Waals surface area contributed by atoms with Crippen molar-refractivity contribution in [3.63, 3.8) is 0 Å². The molecule has 4 rings (SSSR count). The SMILES string of the molecule is O=C(CCCn1nnc(-c2ccccc2)n1)Nc1ccc(Cl)c(S(=O)(=O)N2CCCC2)c1. The molecular weight excluding hydrogens is 452 g/mol. The van der Waals surface area contributed by atoms with Crippen molar-refractivity contribution < 1.29 is 13.2 Å². The lowest BCUT2D eigenvalue weighted by Crippen LogP contribution is -2.28. The van der Waals surface area contributed by atoms with E-state index >= 15 is 0 Å². The molecule has 32 heavy (non-hydrogen) atoms. The maximum Gasteiger partial charge on any atom is 0.244 e. The molecule has 1 amide bonds. The quantitative estimate of drug-likeness (QED) is 0.536. The van der Waals surface area contributed by atoms with Crippen LogP contribution in [-0.4, -0.2) is 51.9 Å². The minimum Gasteiger partial charge on any atom is -0.326 e. The van der Waals surface area contributed by atoms with E-state index in [4.69, 9.17) is 11.6 Å². The molecule has 2 heterocycles. The monoisotopic (exact) mass is 474 g/mol. The molecule has 1 aliphatic heterocycles. The van der Waals surface area contributed by atoms with E-state index in [0.717, 1.165) is 18.4 Å². The first-order chi connectivity index (χ1) is 15.4. The van der Waals surface area contributed by atoms with Gasteiger partial charge in [0.25, 0.3) is 0 Å². The predicted octanol–water partition coefficient (Wildman–Crippen LogP) is 3.20. The third-order valence-corrected chi connectivity index (χ3v) is 7.52. The van der Waals surface area contributed by atoms with E-state index in [-0.39, 0.29) is 22.2 Å². The number of halogens is 1. The van der Waals surface area contributed by atoms with Gasteiger partial charge in [-0.3, -0.25) is 4.79 Å². The van der Waals surface area contributed by atoms with Gasteiger partial charge in [0.2, 0.25) is 21.8 Å². The number of tetrazole rings is 1. The van der Waals surface area contributed by atoms with Gasteiger partial charge < -0.3 is 5.32 Å². The maximum absolute atomic E-state index is 12.8. The molecule has 11 heteroatoms. The maximum atomic E-state index is 12.8. The van der Waals surface area contributed by atoms with Crippen LogP contribution >= 0.6 is 11.6 Å². The van der Waals surface area contributed by atoms with Crippen LogP contribution in [0.15, 0.2) is 53.4 Å². The number of anilines is 1. The number of nitrogens with zero attached hydrogens (tertiary/aromatic N) is 5. The average molecular weight is 475 g/mol. The number of benzene rings is 2. The number of amides is 1. The van der Waals surface area contributed by atoms with E-state index in [1.54, 1.807) is 6.07 Å². The van der Waals surface area contributed by atoms with Gasteiger partial charge in [-0.15, -0.1) is 10.2 Å². The molecule has 1 N–H and O–H groups in total. The van der Waals surface area contributed by atoms with Crippen molar-refractivity contribution in [2.24, 2.45) is 0 Å². The summed E-state index contributed by atoms with van der Waals surface area (Å²) < 4.78 is 27.1. The van der Waals surface area contributed by atoms with Crippen LogP contribution in [0, 0.1) is 0 Å². The van der Waals surface area contributed by atoms with Crippen LogP contribution in [0.2, 0.25) is 5.02 Å². The van der Waals surface area contributed by atoms with E-state index in [0.29, 0.717) is 37.6 Å². The number of aryl methyl sites for hydroxylation is 1. The predicted molar refractivity (Wildman–Crippen MR) is 121 cm³/mol. The van der Waals surface area contributed by atoms with Gasteiger partial charge in [-0.05, 0) is 42.7 Å². The summed E-state index contributed by atoms with van der Waals surface area (Å²) in [5.74, 6) is 0.295. The van der Waals surface area contributed by atoms with E-state index in [2.05, 4.69) is 20.7 Å². The fourth-order valence-corrected chi connectivity index (χ4v) is 5.51. The van der Waals surface area contributed by atoms with Crippen molar-refractivity contribution in [1.82, 2.24) is 24.5 Å². The number of carbonyl (C=O) groups is 1. The second-order valence-corrected chi connectivity index (χ2v) is 9.80. The smallest absolute Gasteiger partial charge is 0.244 e. The molecule has 1 fully saturated rings.